The SMILES string of the molecule is CCCc1cc(OCC=C(Cl)Cl)cc(Cl)c1OC. The molecule has 1 aromatic carbocycles. The molecule has 1 rings (SSSR count). The molecular formula is C13H15Cl3O2. The van der Waals surface area contributed by atoms with E-state index in [0.717, 1.165) is 18.4 Å². The van der Waals surface area contributed by atoms with Crippen molar-refractivity contribution >= 4 is 34.8 Å². The van der Waals surface area contributed by atoms with E-state index in [2.05, 4.69) is 6.92 Å². The average Bonchev–Trinajstić information content (AvgIpc) is 2.28. The lowest BCUT2D eigenvalue weighted by atomic mass is 10.1. The molecule has 0 unspecified atom stereocenters. The highest BCUT2D eigenvalue weighted by Gasteiger charge is 2.10. The number of halogens is 3. The number of ether oxygens (including phenoxy) is 2. The Balaban J connectivity index is 2.90. The summed E-state index contributed by atoms with van der Waals surface area (Å²) in [7, 11) is 1.61. The molecule has 5 heteroatoms. The van der Waals surface area contributed by atoms with Gasteiger partial charge in [0.15, 0.2) is 0 Å². The van der Waals surface area contributed by atoms with Crippen molar-refractivity contribution in [3.05, 3.63) is 33.3 Å². The van der Waals surface area contributed by atoms with E-state index < -0.39 is 0 Å². The summed E-state index contributed by atoms with van der Waals surface area (Å²) in [4.78, 5) is 0. The van der Waals surface area contributed by atoms with Crippen LogP contribution in [0, 0.1) is 0 Å². The van der Waals surface area contributed by atoms with Crippen molar-refractivity contribution in [2.45, 2.75) is 19.8 Å². The fraction of sp³-hybridized carbons (Fsp3) is 0.385. The molecule has 0 atom stereocenters. The molecule has 0 saturated heterocycles. The van der Waals surface area contributed by atoms with Crippen LogP contribution in [0.3, 0.4) is 0 Å². The summed E-state index contributed by atoms with van der Waals surface area (Å²) in [6.45, 7) is 2.40. The highest BCUT2D eigenvalue weighted by molar-refractivity contribution is 6.55. The zero-order valence-corrected chi connectivity index (χ0v) is 12.6. The Kier molecular flexibility index (Phi) is 6.69. The second kappa shape index (κ2) is 7.78. The Hall–Kier alpha value is -0.570. The second-order valence-electron chi connectivity index (χ2n) is 3.65. The van der Waals surface area contributed by atoms with Gasteiger partial charge >= 0.3 is 0 Å². The number of hydrogen-bond acceptors (Lipinski definition) is 2. The van der Waals surface area contributed by atoms with Crippen LogP contribution >= 0.6 is 34.8 Å². The maximum absolute atomic E-state index is 6.14. The van der Waals surface area contributed by atoms with Crippen molar-refractivity contribution in [1.82, 2.24) is 0 Å². The van der Waals surface area contributed by atoms with Crippen molar-refractivity contribution < 1.29 is 9.47 Å². The molecule has 2 nitrogen and oxygen atoms in total. The van der Waals surface area contributed by atoms with Crippen LogP contribution < -0.4 is 9.47 Å². The molecule has 0 bridgehead atoms. The van der Waals surface area contributed by atoms with E-state index in [0.29, 0.717) is 23.1 Å². The third-order valence-electron chi connectivity index (χ3n) is 2.31. The Morgan fingerprint density at radius 2 is 2.06 bits per heavy atom. The molecule has 100 valence electrons. The minimum absolute atomic E-state index is 0.184. The summed E-state index contributed by atoms with van der Waals surface area (Å²) in [5, 5.41) is 0.541. The first kappa shape index (κ1) is 15.5. The number of benzene rings is 1. The van der Waals surface area contributed by atoms with Gasteiger partial charge in [0.25, 0.3) is 0 Å². The summed E-state index contributed by atoms with van der Waals surface area (Å²) in [6, 6.07) is 3.64. The first-order valence-corrected chi connectivity index (χ1v) is 6.72. The van der Waals surface area contributed by atoms with Gasteiger partial charge in [-0.1, -0.05) is 48.1 Å². The first-order chi connectivity index (χ1) is 8.58. The van der Waals surface area contributed by atoms with Crippen molar-refractivity contribution in [2.75, 3.05) is 13.7 Å². The molecule has 0 aliphatic heterocycles. The zero-order chi connectivity index (χ0) is 13.5. The van der Waals surface area contributed by atoms with E-state index in [1.807, 2.05) is 6.07 Å². The molecule has 0 heterocycles. The fourth-order valence-electron chi connectivity index (χ4n) is 1.59. The van der Waals surface area contributed by atoms with E-state index in [1.165, 1.54) is 0 Å². The van der Waals surface area contributed by atoms with Crippen LogP contribution in [0.15, 0.2) is 22.7 Å². The molecular weight excluding hydrogens is 295 g/mol. The molecule has 1 aromatic rings. The van der Waals surface area contributed by atoms with Crippen LogP contribution in [-0.2, 0) is 6.42 Å². The van der Waals surface area contributed by atoms with E-state index >= 15 is 0 Å². The monoisotopic (exact) mass is 308 g/mol. The van der Waals surface area contributed by atoms with Crippen molar-refractivity contribution in [3.63, 3.8) is 0 Å². The molecule has 0 spiro atoms. The highest BCUT2D eigenvalue weighted by atomic mass is 35.5. The fourth-order valence-corrected chi connectivity index (χ4v) is 2.02. The van der Waals surface area contributed by atoms with Gasteiger partial charge in [-0.25, -0.2) is 0 Å². The molecule has 0 aliphatic carbocycles. The molecule has 0 radical (unpaired) electrons. The van der Waals surface area contributed by atoms with Gasteiger partial charge in [-0.05, 0) is 24.1 Å². The summed E-state index contributed by atoms with van der Waals surface area (Å²) in [6.07, 6.45) is 3.45. The zero-order valence-electron chi connectivity index (χ0n) is 10.3. The van der Waals surface area contributed by atoms with Crippen LogP contribution in [0.25, 0.3) is 0 Å². The lowest BCUT2D eigenvalue weighted by Crippen LogP contribution is -1.98. The third kappa shape index (κ3) is 4.60. The van der Waals surface area contributed by atoms with E-state index in [1.54, 1.807) is 19.3 Å². The number of rotatable bonds is 6. The van der Waals surface area contributed by atoms with Crippen LogP contribution in [-0.4, -0.2) is 13.7 Å². The lowest BCUT2D eigenvalue weighted by molar-refractivity contribution is 0.359. The summed E-state index contributed by atoms with van der Waals surface area (Å²) < 4.78 is 11.0. The van der Waals surface area contributed by atoms with Crippen molar-refractivity contribution in [2.24, 2.45) is 0 Å². The summed E-state index contributed by atoms with van der Waals surface area (Å²) in [5.74, 6) is 1.38. The normalized spacial score (nSPS) is 10.1. The van der Waals surface area contributed by atoms with Crippen molar-refractivity contribution in [1.29, 1.82) is 0 Å². The van der Waals surface area contributed by atoms with Gasteiger partial charge in [-0.2, -0.15) is 0 Å². The van der Waals surface area contributed by atoms with Crippen LogP contribution in [0.2, 0.25) is 5.02 Å². The van der Waals surface area contributed by atoms with Gasteiger partial charge in [0.1, 0.15) is 22.6 Å². The van der Waals surface area contributed by atoms with E-state index in [4.69, 9.17) is 44.3 Å². The van der Waals surface area contributed by atoms with Crippen molar-refractivity contribution in [3.8, 4) is 11.5 Å². The Labute approximate surface area is 122 Å². The van der Waals surface area contributed by atoms with Gasteiger partial charge < -0.3 is 9.47 Å². The van der Waals surface area contributed by atoms with Crippen LogP contribution in [0.1, 0.15) is 18.9 Å². The maximum Gasteiger partial charge on any atom is 0.140 e. The van der Waals surface area contributed by atoms with Gasteiger partial charge in [0, 0.05) is 6.07 Å². The van der Waals surface area contributed by atoms with Gasteiger partial charge in [0.05, 0.1) is 12.1 Å². The molecule has 0 aliphatic rings. The molecule has 0 N–H and O–H groups in total. The Bertz CT molecular complexity index is 426. The predicted octanol–water partition coefficient (Wildman–Crippen LogP) is 5.00. The van der Waals surface area contributed by atoms with Gasteiger partial charge in [-0.15, -0.1) is 0 Å². The summed E-state index contributed by atoms with van der Waals surface area (Å²) >= 11 is 17.1. The maximum atomic E-state index is 6.14. The summed E-state index contributed by atoms with van der Waals surface area (Å²) in [5.41, 5.74) is 1.03. The standard InChI is InChI=1S/C13H15Cl3O2/c1-3-4-9-7-10(18-6-5-12(15)16)8-11(14)13(9)17-2/h5,7-8H,3-4,6H2,1-2H3. The largest absolute Gasteiger partial charge is 0.495 e. The Morgan fingerprint density at radius 3 is 2.61 bits per heavy atom. The number of methoxy groups -OCH3 is 1. The Morgan fingerprint density at radius 1 is 1.33 bits per heavy atom. The predicted molar refractivity (Wildman–Crippen MR) is 77.3 cm³/mol. The minimum Gasteiger partial charge on any atom is -0.495 e. The quantitative estimate of drug-likeness (QED) is 0.736. The first-order valence-electron chi connectivity index (χ1n) is 5.58. The average molecular weight is 310 g/mol. The smallest absolute Gasteiger partial charge is 0.140 e. The topological polar surface area (TPSA) is 18.5 Å². The van der Waals surface area contributed by atoms with Gasteiger partial charge in [0.2, 0.25) is 0 Å². The minimum atomic E-state index is 0.184. The van der Waals surface area contributed by atoms with Crippen LogP contribution in [0.4, 0.5) is 0 Å². The van der Waals surface area contributed by atoms with Crippen LogP contribution in [0.5, 0.6) is 11.5 Å². The highest BCUT2D eigenvalue weighted by Crippen LogP contribution is 2.34. The molecule has 0 aromatic heterocycles. The van der Waals surface area contributed by atoms with Gasteiger partial charge in [-0.3, -0.25) is 0 Å². The molecule has 0 amide bonds. The lowest BCUT2D eigenvalue weighted by Gasteiger charge is -2.12. The number of hydrogen-bond donors (Lipinski definition) is 0. The number of aryl methyl sites for hydroxylation is 1. The van der Waals surface area contributed by atoms with E-state index in [-0.39, 0.29) is 4.49 Å². The second-order valence-corrected chi connectivity index (χ2v) is 5.07. The third-order valence-corrected chi connectivity index (χ3v) is 2.89. The molecule has 18 heavy (non-hydrogen) atoms. The molecule has 0 saturated carbocycles. The van der Waals surface area contributed by atoms with E-state index in [9.17, 15) is 0 Å². The molecule has 0 fully saturated rings.